The van der Waals surface area contributed by atoms with Crippen LogP contribution < -0.4 is 10.2 Å². The Bertz CT molecular complexity index is 425. The zero-order valence-corrected chi connectivity index (χ0v) is 13.6. The van der Waals surface area contributed by atoms with Crippen LogP contribution in [0.1, 0.15) is 45.1 Å². The number of aliphatic hydroxyl groups excluding tert-OH is 1. The van der Waals surface area contributed by atoms with Crippen molar-refractivity contribution < 1.29 is 5.11 Å². The number of aliphatic hydroxyl groups is 1. The van der Waals surface area contributed by atoms with Crippen molar-refractivity contribution in [3.63, 3.8) is 0 Å². The summed E-state index contributed by atoms with van der Waals surface area (Å²) in [6, 6.07) is 8.76. The van der Waals surface area contributed by atoms with Crippen LogP contribution in [-0.2, 0) is 6.54 Å². The van der Waals surface area contributed by atoms with Crippen molar-refractivity contribution in [2.75, 3.05) is 31.1 Å². The molecular formula is C18H30N2O. The second-order valence-electron chi connectivity index (χ2n) is 6.92. The van der Waals surface area contributed by atoms with Gasteiger partial charge in [0, 0.05) is 38.5 Å². The van der Waals surface area contributed by atoms with Crippen LogP contribution in [0.15, 0.2) is 24.3 Å². The fraction of sp³-hybridized carbons (Fsp3) is 0.667. The third-order valence-corrected chi connectivity index (χ3v) is 4.37. The number of nitrogens with zero attached hydrogens (tertiary/aromatic N) is 1. The molecule has 0 aliphatic carbocycles. The molecule has 2 rings (SSSR count). The molecule has 1 fully saturated rings. The Labute approximate surface area is 129 Å². The van der Waals surface area contributed by atoms with Crippen LogP contribution >= 0.6 is 0 Å². The number of benzene rings is 1. The summed E-state index contributed by atoms with van der Waals surface area (Å²) in [5.41, 5.74) is 3.04. The van der Waals surface area contributed by atoms with Crippen molar-refractivity contribution in [3.8, 4) is 0 Å². The molecule has 0 bridgehead atoms. The van der Waals surface area contributed by atoms with Crippen LogP contribution in [0.5, 0.6) is 0 Å². The standard InChI is InChI=1S/C18H30N2O/c1-18(2,10-7-13-21)15-19-14-16-8-3-4-9-17(16)20-11-5-6-12-20/h3-4,8-9,19,21H,5-7,10-15H2,1-2H3. The Morgan fingerprint density at radius 1 is 1.19 bits per heavy atom. The minimum absolute atomic E-state index is 0.241. The molecule has 0 unspecified atom stereocenters. The molecule has 2 N–H and O–H groups in total. The molecule has 118 valence electrons. The molecule has 0 spiro atoms. The highest BCUT2D eigenvalue weighted by Gasteiger charge is 2.18. The Balaban J connectivity index is 1.88. The molecule has 3 heteroatoms. The van der Waals surface area contributed by atoms with E-state index in [-0.39, 0.29) is 5.41 Å². The van der Waals surface area contributed by atoms with Gasteiger partial charge in [-0.2, -0.15) is 0 Å². The SMILES string of the molecule is CC(C)(CCCO)CNCc1ccccc1N1CCCC1. The van der Waals surface area contributed by atoms with E-state index in [0.717, 1.165) is 25.9 Å². The molecule has 0 saturated carbocycles. The normalized spacial score (nSPS) is 15.7. The minimum Gasteiger partial charge on any atom is -0.396 e. The third kappa shape index (κ3) is 5.01. The van der Waals surface area contributed by atoms with Gasteiger partial charge in [0.1, 0.15) is 0 Å². The van der Waals surface area contributed by atoms with Gasteiger partial charge in [-0.1, -0.05) is 32.0 Å². The average Bonchev–Trinajstić information content (AvgIpc) is 3.00. The number of anilines is 1. The van der Waals surface area contributed by atoms with Gasteiger partial charge in [-0.05, 0) is 42.7 Å². The second kappa shape index (κ2) is 7.81. The van der Waals surface area contributed by atoms with Crippen molar-refractivity contribution in [1.29, 1.82) is 0 Å². The maximum Gasteiger partial charge on any atom is 0.0431 e. The third-order valence-electron chi connectivity index (χ3n) is 4.37. The van der Waals surface area contributed by atoms with E-state index < -0.39 is 0 Å². The number of nitrogens with one attached hydrogen (secondary N) is 1. The molecule has 0 radical (unpaired) electrons. The van der Waals surface area contributed by atoms with E-state index in [1.165, 1.54) is 37.2 Å². The van der Waals surface area contributed by atoms with E-state index in [1.807, 2.05) is 0 Å². The fourth-order valence-electron chi connectivity index (χ4n) is 3.11. The molecule has 21 heavy (non-hydrogen) atoms. The first kappa shape index (κ1) is 16.3. The number of hydrogen-bond acceptors (Lipinski definition) is 3. The summed E-state index contributed by atoms with van der Waals surface area (Å²) < 4.78 is 0. The highest BCUT2D eigenvalue weighted by atomic mass is 16.2. The van der Waals surface area contributed by atoms with E-state index >= 15 is 0 Å². The van der Waals surface area contributed by atoms with Crippen LogP contribution in [0, 0.1) is 5.41 Å². The van der Waals surface area contributed by atoms with Crippen molar-refractivity contribution in [2.24, 2.45) is 5.41 Å². The molecular weight excluding hydrogens is 260 g/mol. The summed E-state index contributed by atoms with van der Waals surface area (Å²) >= 11 is 0. The topological polar surface area (TPSA) is 35.5 Å². The molecule has 1 aliphatic heterocycles. The molecule has 1 aromatic rings. The molecule has 3 nitrogen and oxygen atoms in total. The average molecular weight is 290 g/mol. The van der Waals surface area contributed by atoms with Gasteiger partial charge in [0.15, 0.2) is 0 Å². The lowest BCUT2D eigenvalue weighted by Gasteiger charge is -2.26. The molecule has 1 aromatic carbocycles. The highest BCUT2D eigenvalue weighted by molar-refractivity contribution is 5.54. The predicted octanol–water partition coefficient (Wildman–Crippen LogP) is 3.18. The number of rotatable bonds is 8. The van der Waals surface area contributed by atoms with Crippen LogP contribution in [0.2, 0.25) is 0 Å². The van der Waals surface area contributed by atoms with Gasteiger partial charge in [-0.3, -0.25) is 0 Å². The van der Waals surface area contributed by atoms with Crippen LogP contribution in [0.25, 0.3) is 0 Å². The Kier molecular flexibility index (Phi) is 6.07. The first-order valence-corrected chi connectivity index (χ1v) is 8.27. The van der Waals surface area contributed by atoms with E-state index in [0.29, 0.717) is 6.61 Å². The van der Waals surface area contributed by atoms with Crippen LogP contribution in [0.4, 0.5) is 5.69 Å². The van der Waals surface area contributed by atoms with Crippen molar-refractivity contribution >= 4 is 5.69 Å². The van der Waals surface area contributed by atoms with E-state index in [1.54, 1.807) is 0 Å². The molecule has 1 aliphatic rings. The van der Waals surface area contributed by atoms with E-state index in [9.17, 15) is 0 Å². The van der Waals surface area contributed by atoms with Crippen molar-refractivity contribution in [3.05, 3.63) is 29.8 Å². The monoisotopic (exact) mass is 290 g/mol. The molecule has 1 saturated heterocycles. The van der Waals surface area contributed by atoms with E-state index in [4.69, 9.17) is 5.11 Å². The largest absolute Gasteiger partial charge is 0.396 e. The van der Waals surface area contributed by atoms with Gasteiger partial charge >= 0.3 is 0 Å². The summed E-state index contributed by atoms with van der Waals surface area (Å²) in [7, 11) is 0. The quantitative estimate of drug-likeness (QED) is 0.772. The van der Waals surface area contributed by atoms with Gasteiger partial charge in [-0.25, -0.2) is 0 Å². The van der Waals surface area contributed by atoms with Crippen LogP contribution in [-0.4, -0.2) is 31.3 Å². The highest BCUT2D eigenvalue weighted by Crippen LogP contribution is 2.25. The first-order valence-electron chi connectivity index (χ1n) is 8.27. The van der Waals surface area contributed by atoms with Gasteiger partial charge in [0.05, 0.1) is 0 Å². The van der Waals surface area contributed by atoms with Crippen molar-refractivity contribution in [2.45, 2.75) is 46.1 Å². The minimum atomic E-state index is 0.241. The Morgan fingerprint density at radius 2 is 1.90 bits per heavy atom. The Morgan fingerprint density at radius 3 is 2.62 bits per heavy atom. The smallest absolute Gasteiger partial charge is 0.0431 e. The van der Waals surface area contributed by atoms with Gasteiger partial charge in [0.25, 0.3) is 0 Å². The number of para-hydroxylation sites is 1. The van der Waals surface area contributed by atoms with Gasteiger partial charge in [-0.15, -0.1) is 0 Å². The Hall–Kier alpha value is -1.06. The summed E-state index contributed by atoms with van der Waals surface area (Å²) in [6.45, 7) is 9.12. The lowest BCUT2D eigenvalue weighted by atomic mass is 9.88. The van der Waals surface area contributed by atoms with Crippen LogP contribution in [0.3, 0.4) is 0 Å². The molecule has 0 aromatic heterocycles. The second-order valence-corrected chi connectivity index (χ2v) is 6.92. The molecule has 0 atom stereocenters. The summed E-state index contributed by atoms with van der Waals surface area (Å²) in [6.07, 6.45) is 4.58. The zero-order chi connectivity index (χ0) is 15.1. The van der Waals surface area contributed by atoms with E-state index in [2.05, 4.69) is 48.3 Å². The fourth-order valence-corrected chi connectivity index (χ4v) is 3.11. The lowest BCUT2D eigenvalue weighted by molar-refractivity contribution is 0.236. The summed E-state index contributed by atoms with van der Waals surface area (Å²) in [5, 5.41) is 12.6. The van der Waals surface area contributed by atoms with Crippen molar-refractivity contribution in [1.82, 2.24) is 5.32 Å². The lowest BCUT2D eigenvalue weighted by Crippen LogP contribution is -2.30. The maximum absolute atomic E-state index is 8.96. The van der Waals surface area contributed by atoms with Gasteiger partial charge in [0.2, 0.25) is 0 Å². The zero-order valence-electron chi connectivity index (χ0n) is 13.6. The predicted molar refractivity (Wildman–Crippen MR) is 89.7 cm³/mol. The summed E-state index contributed by atoms with van der Waals surface area (Å²) in [5.74, 6) is 0. The first-order chi connectivity index (χ1) is 10.1. The number of hydrogen-bond donors (Lipinski definition) is 2. The molecule has 0 amide bonds. The molecule has 1 heterocycles. The van der Waals surface area contributed by atoms with Gasteiger partial charge < -0.3 is 15.3 Å². The maximum atomic E-state index is 8.96. The summed E-state index contributed by atoms with van der Waals surface area (Å²) in [4.78, 5) is 2.51.